The lowest BCUT2D eigenvalue weighted by molar-refractivity contribution is 0.458. The van der Waals surface area contributed by atoms with Crippen LogP contribution in [0.5, 0.6) is 0 Å². The number of aryl methyl sites for hydroxylation is 1. The molecule has 0 saturated heterocycles. The number of nitrogens with zero attached hydrogens (tertiary/aromatic N) is 2. The molecule has 0 aliphatic rings. The van der Waals surface area contributed by atoms with Crippen molar-refractivity contribution in [3.8, 4) is 0 Å². The fraction of sp³-hybridized carbons (Fsp3) is 0.250. The molecule has 2 rings (SSSR count). The maximum absolute atomic E-state index is 12.3. The van der Waals surface area contributed by atoms with Crippen molar-refractivity contribution in [1.82, 2.24) is 9.29 Å². The number of pyridine rings is 1. The minimum absolute atomic E-state index is 0.116. The Labute approximate surface area is 111 Å². The summed E-state index contributed by atoms with van der Waals surface area (Å²) in [6.45, 7) is 2.04. The summed E-state index contributed by atoms with van der Waals surface area (Å²) < 4.78 is 31.0. The molecule has 0 aromatic carbocycles. The highest BCUT2D eigenvalue weighted by molar-refractivity contribution is 7.89. The van der Waals surface area contributed by atoms with Gasteiger partial charge in [-0.15, -0.1) is 0 Å². The van der Waals surface area contributed by atoms with Crippen LogP contribution >= 0.6 is 0 Å². The Morgan fingerprint density at radius 2 is 2.11 bits per heavy atom. The Bertz CT molecular complexity index is 662. The van der Waals surface area contributed by atoms with Gasteiger partial charge in [0.05, 0.1) is 6.26 Å². The van der Waals surface area contributed by atoms with Crippen LogP contribution in [-0.2, 0) is 16.6 Å². The molecule has 7 heteroatoms. The molecule has 0 atom stereocenters. The molecule has 2 aromatic rings. The summed E-state index contributed by atoms with van der Waals surface area (Å²) in [5, 5.41) is 0. The molecular formula is C12H15N3O3S. The van der Waals surface area contributed by atoms with E-state index >= 15 is 0 Å². The Hall–Kier alpha value is -1.86. The minimum Gasteiger partial charge on any atom is -0.469 e. The number of nitrogen functional groups attached to an aromatic ring is 1. The number of sulfonamides is 1. The van der Waals surface area contributed by atoms with Crippen molar-refractivity contribution >= 4 is 15.8 Å². The molecule has 0 aliphatic carbocycles. The van der Waals surface area contributed by atoms with E-state index in [-0.39, 0.29) is 17.3 Å². The van der Waals surface area contributed by atoms with E-state index in [0.717, 1.165) is 5.56 Å². The zero-order valence-corrected chi connectivity index (χ0v) is 11.5. The van der Waals surface area contributed by atoms with Crippen LogP contribution < -0.4 is 5.73 Å². The van der Waals surface area contributed by atoms with Crippen LogP contribution in [0, 0.1) is 6.92 Å². The van der Waals surface area contributed by atoms with Gasteiger partial charge in [0.2, 0.25) is 10.0 Å². The highest BCUT2D eigenvalue weighted by atomic mass is 32.2. The molecule has 19 heavy (non-hydrogen) atoms. The van der Waals surface area contributed by atoms with Crippen LogP contribution in [0.1, 0.15) is 11.3 Å². The Morgan fingerprint density at radius 1 is 1.37 bits per heavy atom. The maximum Gasteiger partial charge on any atom is 0.244 e. The average molecular weight is 281 g/mol. The Morgan fingerprint density at radius 3 is 2.63 bits per heavy atom. The summed E-state index contributed by atoms with van der Waals surface area (Å²) in [6.07, 6.45) is 2.79. The number of rotatable bonds is 4. The van der Waals surface area contributed by atoms with Gasteiger partial charge in [-0.2, -0.15) is 4.31 Å². The lowest BCUT2D eigenvalue weighted by atomic mass is 10.3. The van der Waals surface area contributed by atoms with Gasteiger partial charge in [0.15, 0.2) is 0 Å². The second-order valence-corrected chi connectivity index (χ2v) is 6.23. The predicted molar refractivity (Wildman–Crippen MR) is 70.7 cm³/mol. The predicted octanol–water partition coefficient (Wildman–Crippen LogP) is 1.39. The van der Waals surface area contributed by atoms with Gasteiger partial charge in [-0.3, -0.25) is 0 Å². The second-order valence-electron chi connectivity index (χ2n) is 4.18. The number of nitrogens with two attached hydrogens (primary N) is 1. The van der Waals surface area contributed by atoms with Crippen molar-refractivity contribution in [2.24, 2.45) is 0 Å². The second kappa shape index (κ2) is 5.02. The molecule has 0 radical (unpaired) electrons. The third kappa shape index (κ3) is 2.77. The highest BCUT2D eigenvalue weighted by Crippen LogP contribution is 2.18. The molecule has 0 aliphatic heterocycles. The van der Waals surface area contributed by atoms with Gasteiger partial charge in [-0.25, -0.2) is 13.4 Å². The largest absolute Gasteiger partial charge is 0.469 e. The number of aromatic nitrogens is 1. The molecule has 2 N–H and O–H groups in total. The summed E-state index contributed by atoms with van der Waals surface area (Å²) in [6, 6.07) is 4.66. The summed E-state index contributed by atoms with van der Waals surface area (Å²) in [5.74, 6) is 0.991. The molecule has 0 amide bonds. The van der Waals surface area contributed by atoms with E-state index in [0.29, 0.717) is 5.76 Å². The SMILES string of the molecule is Cc1occc1CN(C)S(=O)(=O)c1ccc(N)nc1. The maximum atomic E-state index is 12.3. The Balaban J connectivity index is 2.24. The first-order chi connectivity index (χ1) is 8.91. The van der Waals surface area contributed by atoms with Gasteiger partial charge in [0.25, 0.3) is 0 Å². The third-order valence-electron chi connectivity index (χ3n) is 2.83. The van der Waals surface area contributed by atoms with Crippen molar-refractivity contribution < 1.29 is 12.8 Å². The first kappa shape index (κ1) is 13.6. The van der Waals surface area contributed by atoms with Crippen LogP contribution in [0.15, 0.2) is 40.0 Å². The number of anilines is 1. The zero-order valence-electron chi connectivity index (χ0n) is 10.7. The molecule has 0 unspecified atom stereocenters. The summed E-state index contributed by atoms with van der Waals surface area (Å²) in [4.78, 5) is 3.91. The highest BCUT2D eigenvalue weighted by Gasteiger charge is 2.22. The van der Waals surface area contributed by atoms with Gasteiger partial charge in [-0.05, 0) is 25.1 Å². The van der Waals surface area contributed by atoms with Crippen molar-refractivity contribution in [1.29, 1.82) is 0 Å². The topological polar surface area (TPSA) is 89.4 Å². The van der Waals surface area contributed by atoms with Crippen LogP contribution in [0.25, 0.3) is 0 Å². The van der Waals surface area contributed by atoms with Crippen molar-refractivity contribution in [3.05, 3.63) is 42.0 Å². The average Bonchev–Trinajstić information content (AvgIpc) is 2.75. The van der Waals surface area contributed by atoms with E-state index in [4.69, 9.17) is 10.2 Å². The van der Waals surface area contributed by atoms with Gasteiger partial charge in [-0.1, -0.05) is 0 Å². The van der Waals surface area contributed by atoms with Gasteiger partial charge in [0, 0.05) is 25.4 Å². The van der Waals surface area contributed by atoms with Crippen molar-refractivity contribution in [2.75, 3.05) is 12.8 Å². The van der Waals surface area contributed by atoms with Crippen molar-refractivity contribution in [2.45, 2.75) is 18.4 Å². The number of hydrogen-bond acceptors (Lipinski definition) is 5. The van der Waals surface area contributed by atoms with Gasteiger partial charge >= 0.3 is 0 Å². The lowest BCUT2D eigenvalue weighted by Crippen LogP contribution is -2.26. The van der Waals surface area contributed by atoms with Crippen LogP contribution in [0.4, 0.5) is 5.82 Å². The molecule has 0 fully saturated rings. The summed E-state index contributed by atoms with van der Waals surface area (Å²) in [7, 11) is -2.06. The van der Waals surface area contributed by atoms with E-state index in [1.807, 2.05) is 0 Å². The first-order valence-corrected chi connectivity index (χ1v) is 7.06. The lowest BCUT2D eigenvalue weighted by Gasteiger charge is -2.16. The Kier molecular flexibility index (Phi) is 3.59. The van der Waals surface area contributed by atoms with Gasteiger partial charge in [0.1, 0.15) is 16.5 Å². The van der Waals surface area contributed by atoms with Crippen molar-refractivity contribution in [3.63, 3.8) is 0 Å². The number of furan rings is 1. The van der Waals surface area contributed by atoms with E-state index in [1.165, 1.54) is 35.9 Å². The first-order valence-electron chi connectivity index (χ1n) is 5.62. The molecule has 6 nitrogen and oxygen atoms in total. The molecule has 2 heterocycles. The van der Waals surface area contributed by atoms with Crippen LogP contribution in [0.2, 0.25) is 0 Å². The molecule has 0 spiro atoms. The quantitative estimate of drug-likeness (QED) is 0.914. The molecule has 102 valence electrons. The minimum atomic E-state index is -3.57. The standard InChI is InChI=1S/C12H15N3O3S/c1-9-10(5-6-18-9)8-15(2)19(16,17)11-3-4-12(13)14-7-11/h3-7H,8H2,1-2H3,(H2,13,14). The van der Waals surface area contributed by atoms with E-state index in [1.54, 1.807) is 13.0 Å². The fourth-order valence-electron chi connectivity index (χ4n) is 1.62. The normalized spacial score (nSPS) is 11.9. The van der Waals surface area contributed by atoms with E-state index in [9.17, 15) is 8.42 Å². The van der Waals surface area contributed by atoms with E-state index in [2.05, 4.69) is 4.98 Å². The summed E-state index contributed by atoms with van der Waals surface area (Å²) >= 11 is 0. The monoisotopic (exact) mass is 281 g/mol. The van der Waals surface area contributed by atoms with Crippen LogP contribution in [0.3, 0.4) is 0 Å². The summed E-state index contributed by atoms with van der Waals surface area (Å²) in [5.41, 5.74) is 6.27. The van der Waals surface area contributed by atoms with E-state index < -0.39 is 10.0 Å². The smallest absolute Gasteiger partial charge is 0.244 e. The van der Waals surface area contributed by atoms with Gasteiger partial charge < -0.3 is 10.2 Å². The third-order valence-corrected chi connectivity index (χ3v) is 4.61. The molecular weight excluding hydrogens is 266 g/mol. The molecule has 2 aromatic heterocycles. The van der Waals surface area contributed by atoms with Crippen LogP contribution in [-0.4, -0.2) is 24.8 Å². The number of hydrogen-bond donors (Lipinski definition) is 1. The fourth-order valence-corrected chi connectivity index (χ4v) is 2.72. The molecule has 0 bridgehead atoms. The molecule has 0 saturated carbocycles. The zero-order chi connectivity index (χ0) is 14.0.